The number of nitrogens with one attached hydrogen (secondary N) is 1. The van der Waals surface area contributed by atoms with Gasteiger partial charge in [0.2, 0.25) is 0 Å². The second-order valence-electron chi connectivity index (χ2n) is 4.92. The lowest BCUT2D eigenvalue weighted by Crippen LogP contribution is -2.26. The van der Waals surface area contributed by atoms with E-state index in [0.29, 0.717) is 0 Å². The maximum absolute atomic E-state index is 12.8. The molecule has 0 spiro atoms. The van der Waals surface area contributed by atoms with Gasteiger partial charge in [0.15, 0.2) is 0 Å². The molecular formula is C14H21FN2. The quantitative estimate of drug-likeness (QED) is 0.847. The summed E-state index contributed by atoms with van der Waals surface area (Å²) >= 11 is 0. The van der Waals surface area contributed by atoms with Crippen LogP contribution in [-0.4, -0.2) is 11.5 Å². The fourth-order valence-corrected chi connectivity index (χ4v) is 2.57. The second-order valence-corrected chi connectivity index (χ2v) is 4.92. The highest BCUT2D eigenvalue weighted by Crippen LogP contribution is 2.25. The van der Waals surface area contributed by atoms with Gasteiger partial charge in [-0.1, -0.05) is 19.8 Å². The molecule has 1 atom stereocenters. The summed E-state index contributed by atoms with van der Waals surface area (Å²) in [5.74, 6) is 0.559. The van der Waals surface area contributed by atoms with Crippen molar-refractivity contribution >= 4 is 0 Å². The Morgan fingerprint density at radius 1 is 1.41 bits per heavy atom. The molecular weight excluding hydrogens is 215 g/mol. The number of nitrogens with zero attached hydrogens (tertiary/aromatic N) is 1. The Balaban J connectivity index is 1.89. The third-order valence-electron chi connectivity index (χ3n) is 3.64. The van der Waals surface area contributed by atoms with Gasteiger partial charge in [-0.2, -0.15) is 0 Å². The molecule has 0 radical (unpaired) electrons. The van der Waals surface area contributed by atoms with Gasteiger partial charge in [-0.05, 0) is 43.9 Å². The third-order valence-corrected chi connectivity index (χ3v) is 3.64. The molecule has 1 unspecified atom stereocenters. The molecule has 0 aliphatic heterocycles. The van der Waals surface area contributed by atoms with Crippen LogP contribution in [0.5, 0.6) is 0 Å². The van der Waals surface area contributed by atoms with E-state index >= 15 is 0 Å². The van der Waals surface area contributed by atoms with Gasteiger partial charge >= 0.3 is 0 Å². The van der Waals surface area contributed by atoms with Crippen LogP contribution in [0.1, 0.15) is 50.8 Å². The van der Waals surface area contributed by atoms with E-state index < -0.39 is 0 Å². The van der Waals surface area contributed by atoms with Crippen LogP contribution >= 0.6 is 0 Å². The molecule has 0 amide bonds. The molecule has 1 N–H and O–H groups in total. The van der Waals surface area contributed by atoms with E-state index in [1.807, 2.05) is 0 Å². The molecule has 94 valence electrons. The summed E-state index contributed by atoms with van der Waals surface area (Å²) in [7, 11) is 0. The molecule has 0 saturated heterocycles. The van der Waals surface area contributed by atoms with Crippen LogP contribution < -0.4 is 5.32 Å². The van der Waals surface area contributed by atoms with Crippen molar-refractivity contribution in [1.82, 2.24) is 10.3 Å². The Kier molecular flexibility index (Phi) is 4.49. The van der Waals surface area contributed by atoms with E-state index in [2.05, 4.69) is 17.2 Å². The SMILES string of the molecule is CCC(NCC1CCCC1)c1ccc(F)cn1. The van der Waals surface area contributed by atoms with E-state index in [1.54, 1.807) is 6.07 Å². The summed E-state index contributed by atoms with van der Waals surface area (Å²) in [5, 5.41) is 3.56. The normalized spacial score (nSPS) is 18.5. The topological polar surface area (TPSA) is 24.9 Å². The van der Waals surface area contributed by atoms with Crippen LogP contribution in [-0.2, 0) is 0 Å². The highest BCUT2D eigenvalue weighted by atomic mass is 19.1. The van der Waals surface area contributed by atoms with Crippen molar-refractivity contribution in [2.24, 2.45) is 5.92 Å². The average molecular weight is 236 g/mol. The fraction of sp³-hybridized carbons (Fsp3) is 0.643. The first-order valence-electron chi connectivity index (χ1n) is 6.64. The largest absolute Gasteiger partial charge is 0.308 e. The average Bonchev–Trinajstić information content (AvgIpc) is 2.85. The maximum atomic E-state index is 12.8. The zero-order valence-electron chi connectivity index (χ0n) is 10.5. The predicted octanol–water partition coefficient (Wildman–Crippen LogP) is 3.45. The van der Waals surface area contributed by atoms with Gasteiger partial charge in [-0.25, -0.2) is 4.39 Å². The Bertz CT molecular complexity index is 331. The first-order valence-corrected chi connectivity index (χ1v) is 6.64. The summed E-state index contributed by atoms with van der Waals surface area (Å²) in [6.45, 7) is 3.20. The molecule has 0 aromatic carbocycles. The Hall–Kier alpha value is -0.960. The first-order chi connectivity index (χ1) is 8.29. The molecule has 1 aromatic rings. The fourth-order valence-electron chi connectivity index (χ4n) is 2.57. The van der Waals surface area contributed by atoms with E-state index in [1.165, 1.54) is 37.9 Å². The number of aromatic nitrogens is 1. The van der Waals surface area contributed by atoms with Crippen molar-refractivity contribution in [3.63, 3.8) is 0 Å². The minimum atomic E-state index is -0.264. The van der Waals surface area contributed by atoms with Crippen LogP contribution in [0.4, 0.5) is 4.39 Å². The summed E-state index contributed by atoms with van der Waals surface area (Å²) in [6, 6.07) is 3.53. The van der Waals surface area contributed by atoms with Crippen molar-refractivity contribution in [2.45, 2.75) is 45.1 Å². The van der Waals surface area contributed by atoms with Gasteiger partial charge in [0.25, 0.3) is 0 Å². The maximum Gasteiger partial charge on any atom is 0.141 e. The molecule has 1 saturated carbocycles. The van der Waals surface area contributed by atoms with Crippen molar-refractivity contribution in [2.75, 3.05) is 6.54 Å². The lowest BCUT2D eigenvalue weighted by Gasteiger charge is -2.19. The van der Waals surface area contributed by atoms with Crippen LogP contribution in [0, 0.1) is 11.7 Å². The third kappa shape index (κ3) is 3.50. The zero-order chi connectivity index (χ0) is 12.1. The van der Waals surface area contributed by atoms with Gasteiger partial charge in [0.05, 0.1) is 11.9 Å². The van der Waals surface area contributed by atoms with Crippen LogP contribution in [0.3, 0.4) is 0 Å². The van der Waals surface area contributed by atoms with Crippen LogP contribution in [0.25, 0.3) is 0 Å². The molecule has 17 heavy (non-hydrogen) atoms. The molecule has 1 fully saturated rings. The van der Waals surface area contributed by atoms with E-state index in [4.69, 9.17) is 0 Å². The molecule has 1 aliphatic carbocycles. The van der Waals surface area contributed by atoms with Crippen LogP contribution in [0.15, 0.2) is 18.3 Å². The Morgan fingerprint density at radius 2 is 2.18 bits per heavy atom. The Morgan fingerprint density at radius 3 is 2.76 bits per heavy atom. The minimum absolute atomic E-state index is 0.260. The van der Waals surface area contributed by atoms with Crippen molar-refractivity contribution in [3.05, 3.63) is 29.8 Å². The number of pyridine rings is 1. The first kappa shape index (κ1) is 12.5. The van der Waals surface area contributed by atoms with E-state index in [9.17, 15) is 4.39 Å². The number of halogens is 1. The Labute approximate surface area is 103 Å². The lowest BCUT2D eigenvalue weighted by atomic mass is 10.1. The summed E-state index contributed by atoms with van der Waals surface area (Å²) in [4.78, 5) is 4.16. The van der Waals surface area contributed by atoms with Crippen molar-refractivity contribution in [1.29, 1.82) is 0 Å². The smallest absolute Gasteiger partial charge is 0.141 e. The minimum Gasteiger partial charge on any atom is -0.308 e. The number of hydrogen-bond acceptors (Lipinski definition) is 2. The van der Waals surface area contributed by atoms with Gasteiger partial charge in [0.1, 0.15) is 5.82 Å². The van der Waals surface area contributed by atoms with Gasteiger partial charge in [-0.15, -0.1) is 0 Å². The van der Waals surface area contributed by atoms with Gasteiger partial charge < -0.3 is 5.32 Å². The zero-order valence-corrected chi connectivity index (χ0v) is 10.5. The van der Waals surface area contributed by atoms with Gasteiger partial charge in [-0.3, -0.25) is 4.98 Å². The highest BCUT2D eigenvalue weighted by molar-refractivity contribution is 5.09. The standard InChI is InChI=1S/C14H21FN2/c1-2-13(14-8-7-12(15)10-17-14)16-9-11-5-3-4-6-11/h7-8,10-11,13,16H,2-6,9H2,1H3. The monoisotopic (exact) mass is 236 g/mol. The number of rotatable bonds is 5. The van der Waals surface area contributed by atoms with E-state index in [-0.39, 0.29) is 11.9 Å². The molecule has 0 bridgehead atoms. The molecule has 3 heteroatoms. The molecule has 1 heterocycles. The lowest BCUT2D eigenvalue weighted by molar-refractivity contribution is 0.425. The van der Waals surface area contributed by atoms with Crippen molar-refractivity contribution < 1.29 is 4.39 Å². The van der Waals surface area contributed by atoms with E-state index in [0.717, 1.165) is 24.6 Å². The van der Waals surface area contributed by atoms with Gasteiger partial charge in [0, 0.05) is 6.04 Å². The van der Waals surface area contributed by atoms with Crippen LogP contribution in [0.2, 0.25) is 0 Å². The molecule has 2 nitrogen and oxygen atoms in total. The van der Waals surface area contributed by atoms with Crippen molar-refractivity contribution in [3.8, 4) is 0 Å². The summed E-state index contributed by atoms with van der Waals surface area (Å²) in [6.07, 6.45) is 7.73. The highest BCUT2D eigenvalue weighted by Gasteiger charge is 2.17. The summed E-state index contributed by atoms with van der Waals surface area (Å²) in [5.41, 5.74) is 0.951. The number of hydrogen-bond donors (Lipinski definition) is 1. The molecule has 1 aromatic heterocycles. The summed E-state index contributed by atoms with van der Waals surface area (Å²) < 4.78 is 12.8. The second kappa shape index (κ2) is 6.10. The molecule has 1 aliphatic rings. The molecule has 2 rings (SSSR count). The predicted molar refractivity (Wildman–Crippen MR) is 67.2 cm³/mol.